The molecule has 0 radical (unpaired) electrons. The lowest BCUT2D eigenvalue weighted by Crippen LogP contribution is -2.44. The smallest absolute Gasteiger partial charge is 0.338 e. The number of likely N-dealkylation sites (tertiary alicyclic amines) is 1. The Morgan fingerprint density at radius 2 is 1.75 bits per heavy atom. The Morgan fingerprint density at radius 3 is 2.17 bits per heavy atom. The lowest BCUT2D eigenvalue weighted by atomic mass is 9.95. The number of alkyl halides is 3. The molecule has 1 aromatic rings. The van der Waals surface area contributed by atoms with Gasteiger partial charge in [-0.1, -0.05) is 20.8 Å². The topological polar surface area (TPSA) is 66.1 Å². The first kappa shape index (κ1) is 18.5. The fourth-order valence-electron chi connectivity index (χ4n) is 2.76. The molecule has 0 atom stereocenters. The molecule has 0 unspecified atom stereocenters. The summed E-state index contributed by atoms with van der Waals surface area (Å²) in [6.45, 7) is 7.20. The molecule has 0 bridgehead atoms. The van der Waals surface area contributed by atoms with Crippen molar-refractivity contribution >= 4 is 5.91 Å². The number of aryl methyl sites for hydroxylation is 1. The second-order valence-corrected chi connectivity index (χ2v) is 7.23. The van der Waals surface area contributed by atoms with E-state index in [0.29, 0.717) is 11.5 Å². The first-order valence-electron chi connectivity index (χ1n) is 7.88. The van der Waals surface area contributed by atoms with E-state index in [2.05, 4.69) is 9.97 Å². The summed E-state index contributed by atoms with van der Waals surface area (Å²) in [6, 6.07) is 0. The summed E-state index contributed by atoms with van der Waals surface area (Å²) < 4.78 is 38.1. The molecule has 2 heterocycles. The van der Waals surface area contributed by atoms with E-state index in [4.69, 9.17) is 0 Å². The van der Waals surface area contributed by atoms with Gasteiger partial charge in [0.2, 0.25) is 0 Å². The summed E-state index contributed by atoms with van der Waals surface area (Å²) in [5.74, 6) is -1.47. The molecule has 2 rings (SSSR count). The van der Waals surface area contributed by atoms with Crippen LogP contribution in [0.3, 0.4) is 0 Å². The Balaban J connectivity index is 2.21. The minimum Gasteiger partial charge on any atom is -0.338 e. The molecule has 0 aliphatic carbocycles. The first-order valence-corrected chi connectivity index (χ1v) is 7.88. The van der Waals surface area contributed by atoms with Crippen LogP contribution in [0.15, 0.2) is 4.79 Å². The number of nitrogens with one attached hydrogen (secondary N) is 1. The standard InChI is InChI=1S/C16H22F3N3O2/c1-9-11(12(23)21-14(20-9)15(2,3)4)13(24)22-7-5-10(6-8-22)16(17,18)19/h10H,5-8H2,1-4H3,(H,20,21,23). The van der Waals surface area contributed by atoms with Crippen molar-refractivity contribution < 1.29 is 18.0 Å². The van der Waals surface area contributed by atoms with Crippen molar-refractivity contribution in [1.29, 1.82) is 0 Å². The van der Waals surface area contributed by atoms with Crippen molar-refractivity contribution in [1.82, 2.24) is 14.9 Å². The van der Waals surface area contributed by atoms with Crippen LogP contribution in [0.1, 0.15) is 55.5 Å². The van der Waals surface area contributed by atoms with Gasteiger partial charge in [-0.15, -0.1) is 0 Å². The lowest BCUT2D eigenvalue weighted by Gasteiger charge is -2.33. The van der Waals surface area contributed by atoms with Gasteiger partial charge in [0.1, 0.15) is 11.4 Å². The summed E-state index contributed by atoms with van der Waals surface area (Å²) in [4.78, 5) is 33.0. The van der Waals surface area contributed by atoms with Gasteiger partial charge in [-0.3, -0.25) is 9.59 Å². The number of H-pyrrole nitrogens is 1. The van der Waals surface area contributed by atoms with E-state index in [9.17, 15) is 22.8 Å². The first-order chi connectivity index (χ1) is 10.9. The zero-order valence-corrected chi connectivity index (χ0v) is 14.3. The molecule has 1 saturated heterocycles. The maximum Gasteiger partial charge on any atom is 0.391 e. The van der Waals surface area contributed by atoms with Gasteiger partial charge in [-0.25, -0.2) is 4.98 Å². The molecule has 1 amide bonds. The predicted molar refractivity (Wildman–Crippen MR) is 83.0 cm³/mol. The fraction of sp³-hybridized carbons (Fsp3) is 0.688. The van der Waals surface area contributed by atoms with Crippen molar-refractivity contribution in [2.24, 2.45) is 5.92 Å². The van der Waals surface area contributed by atoms with E-state index in [1.165, 1.54) is 4.90 Å². The minimum absolute atomic E-state index is 0.0110. The SMILES string of the molecule is Cc1nc(C(C)(C)C)[nH]c(=O)c1C(=O)N1CCC(C(F)(F)F)CC1. The highest BCUT2D eigenvalue weighted by atomic mass is 19.4. The molecule has 1 aliphatic heterocycles. The number of hydrogen-bond donors (Lipinski definition) is 1. The highest BCUT2D eigenvalue weighted by Gasteiger charge is 2.42. The predicted octanol–water partition coefficient (Wildman–Crippen LogP) is 2.79. The zero-order chi connectivity index (χ0) is 18.3. The van der Waals surface area contributed by atoms with E-state index >= 15 is 0 Å². The molecule has 1 N–H and O–H groups in total. The number of halogens is 3. The van der Waals surface area contributed by atoms with Crippen LogP contribution in [-0.4, -0.2) is 40.0 Å². The molecule has 0 spiro atoms. The number of nitrogens with zero attached hydrogens (tertiary/aromatic N) is 2. The van der Waals surface area contributed by atoms with Crippen molar-refractivity contribution in [3.05, 3.63) is 27.4 Å². The number of amides is 1. The molecule has 1 aromatic heterocycles. The number of carbonyl (C=O) groups is 1. The van der Waals surface area contributed by atoms with Crippen molar-refractivity contribution in [2.45, 2.75) is 52.1 Å². The van der Waals surface area contributed by atoms with E-state index in [1.807, 2.05) is 20.8 Å². The van der Waals surface area contributed by atoms with Gasteiger partial charge in [-0.05, 0) is 19.8 Å². The van der Waals surface area contributed by atoms with E-state index < -0.39 is 23.6 Å². The highest BCUT2D eigenvalue weighted by molar-refractivity contribution is 5.94. The molecule has 1 fully saturated rings. The van der Waals surface area contributed by atoms with Crippen LogP contribution in [0.25, 0.3) is 0 Å². The van der Waals surface area contributed by atoms with E-state index in [0.717, 1.165) is 0 Å². The van der Waals surface area contributed by atoms with Crippen molar-refractivity contribution in [3.63, 3.8) is 0 Å². The number of aromatic amines is 1. The molecular weight excluding hydrogens is 323 g/mol. The number of hydrogen-bond acceptors (Lipinski definition) is 3. The Bertz CT molecular complexity index is 681. The summed E-state index contributed by atoms with van der Waals surface area (Å²) >= 11 is 0. The highest BCUT2D eigenvalue weighted by Crippen LogP contribution is 2.34. The third kappa shape index (κ3) is 3.79. The molecule has 134 valence electrons. The monoisotopic (exact) mass is 345 g/mol. The van der Waals surface area contributed by atoms with Crippen LogP contribution in [-0.2, 0) is 5.41 Å². The van der Waals surface area contributed by atoms with Crippen LogP contribution in [0, 0.1) is 12.8 Å². The van der Waals surface area contributed by atoms with Crippen molar-refractivity contribution in [2.75, 3.05) is 13.1 Å². The normalized spacial score (nSPS) is 17.2. The van der Waals surface area contributed by atoms with E-state index in [1.54, 1.807) is 6.92 Å². The van der Waals surface area contributed by atoms with Crippen LogP contribution in [0.4, 0.5) is 13.2 Å². The van der Waals surface area contributed by atoms with Crippen LogP contribution in [0.5, 0.6) is 0 Å². The maximum absolute atomic E-state index is 12.7. The van der Waals surface area contributed by atoms with Gasteiger partial charge in [0, 0.05) is 18.5 Å². The average Bonchev–Trinajstić information content (AvgIpc) is 2.44. The summed E-state index contributed by atoms with van der Waals surface area (Å²) in [5, 5.41) is 0. The summed E-state index contributed by atoms with van der Waals surface area (Å²) in [6.07, 6.45) is -4.52. The lowest BCUT2D eigenvalue weighted by molar-refractivity contribution is -0.183. The van der Waals surface area contributed by atoms with E-state index in [-0.39, 0.29) is 36.9 Å². The largest absolute Gasteiger partial charge is 0.391 e. The molecular formula is C16H22F3N3O2. The Labute approximate surface area is 138 Å². The van der Waals surface area contributed by atoms with Gasteiger partial charge < -0.3 is 9.88 Å². The molecule has 1 aliphatic rings. The Hall–Kier alpha value is -1.86. The number of rotatable bonds is 1. The van der Waals surface area contributed by atoms with Gasteiger partial charge >= 0.3 is 6.18 Å². The maximum atomic E-state index is 12.7. The third-order valence-electron chi connectivity index (χ3n) is 4.27. The molecule has 24 heavy (non-hydrogen) atoms. The summed E-state index contributed by atoms with van der Waals surface area (Å²) in [7, 11) is 0. The number of carbonyl (C=O) groups excluding carboxylic acids is 1. The second-order valence-electron chi connectivity index (χ2n) is 7.23. The molecule has 0 aromatic carbocycles. The number of aromatic nitrogens is 2. The van der Waals surface area contributed by atoms with Gasteiger partial charge in [0.05, 0.1) is 11.6 Å². The Kier molecular flexibility index (Phi) is 4.79. The van der Waals surface area contributed by atoms with Gasteiger partial charge in [0.15, 0.2) is 0 Å². The zero-order valence-electron chi connectivity index (χ0n) is 14.3. The average molecular weight is 345 g/mol. The summed E-state index contributed by atoms with van der Waals surface area (Å²) in [5.41, 5.74) is -0.716. The van der Waals surface area contributed by atoms with Gasteiger partial charge in [0.25, 0.3) is 11.5 Å². The molecule has 0 saturated carbocycles. The molecule has 8 heteroatoms. The van der Waals surface area contributed by atoms with Crippen molar-refractivity contribution in [3.8, 4) is 0 Å². The van der Waals surface area contributed by atoms with Crippen LogP contribution < -0.4 is 5.56 Å². The quantitative estimate of drug-likeness (QED) is 0.851. The minimum atomic E-state index is -4.24. The van der Waals surface area contributed by atoms with Crippen LogP contribution in [0.2, 0.25) is 0 Å². The molecule has 5 nitrogen and oxygen atoms in total. The second kappa shape index (κ2) is 6.22. The number of piperidine rings is 1. The Morgan fingerprint density at radius 1 is 1.21 bits per heavy atom. The van der Waals surface area contributed by atoms with Crippen LogP contribution >= 0.6 is 0 Å². The fourth-order valence-corrected chi connectivity index (χ4v) is 2.76. The third-order valence-corrected chi connectivity index (χ3v) is 4.27. The van der Waals surface area contributed by atoms with Gasteiger partial charge in [-0.2, -0.15) is 13.2 Å².